The lowest BCUT2D eigenvalue weighted by Crippen LogP contribution is -2.52. The second-order valence-corrected chi connectivity index (χ2v) is 17.0. The summed E-state index contributed by atoms with van der Waals surface area (Å²) < 4.78 is 13.9. The first-order valence-electron chi connectivity index (χ1n) is 22.8. The van der Waals surface area contributed by atoms with Gasteiger partial charge in [-0.15, -0.1) is 0 Å². The van der Waals surface area contributed by atoms with E-state index in [1.54, 1.807) is 13.2 Å². The molecule has 1 atom stereocenters. The maximum atomic E-state index is 13.3. The molecule has 2 aromatic heterocycles. The van der Waals surface area contributed by atoms with Crippen molar-refractivity contribution in [1.29, 1.82) is 0 Å². The minimum Gasteiger partial charge on any atom is -0.491 e. The fraction of sp³-hybridized carbons (Fsp3) is 0.500. The Morgan fingerprint density at radius 1 is 0.908 bits per heavy atom. The number of ether oxygens (including phenoxy) is 2. The second-order valence-electron chi connectivity index (χ2n) is 17.0. The van der Waals surface area contributed by atoms with Crippen LogP contribution in [0.1, 0.15) is 96.9 Å². The van der Waals surface area contributed by atoms with E-state index >= 15 is 0 Å². The van der Waals surface area contributed by atoms with Gasteiger partial charge in [0.25, 0.3) is 11.8 Å². The molecule has 2 saturated heterocycles. The Bertz CT molecular complexity index is 2490. The standard InChI is InChI=1S/C46H58N12O7/c1-64-40-35(16-14-32-39(40)53-46(57-21-18-48-41(32)57)54-42(61)31-27-49-45(47)50-28-31)65-26-10-20-56-24-22-55(23-25-56)19-8-6-4-2-3-5-7-13-36(59)51-33-12-9-11-30-29-58(44(63)38(30)33)34-15-17-37(60)52-43(34)62/h9,11-12,14,16,27-28,34,48H,2-8,10,13,15,17-26,29H2,1H3,(H,51,59)(H2,47,49,50)(H,52,60,62). The van der Waals surface area contributed by atoms with Gasteiger partial charge < -0.3 is 40.5 Å². The molecule has 4 aromatic rings. The number of nitrogens with zero attached hydrogens (tertiary/aromatic N) is 8. The quantitative estimate of drug-likeness (QED) is 0.0781. The highest BCUT2D eigenvalue weighted by molar-refractivity contribution is 6.09. The van der Waals surface area contributed by atoms with E-state index in [-0.39, 0.29) is 47.8 Å². The van der Waals surface area contributed by atoms with E-state index in [1.165, 1.54) is 36.6 Å². The van der Waals surface area contributed by atoms with Gasteiger partial charge >= 0.3 is 0 Å². The maximum absolute atomic E-state index is 13.3. The number of unbranched alkanes of at least 4 members (excludes halogenated alkanes) is 6. The molecular weight excluding hydrogens is 833 g/mol. The van der Waals surface area contributed by atoms with E-state index in [9.17, 15) is 24.0 Å². The summed E-state index contributed by atoms with van der Waals surface area (Å²) in [6, 6.07) is 8.55. The van der Waals surface area contributed by atoms with Gasteiger partial charge in [0.15, 0.2) is 11.5 Å². The van der Waals surface area contributed by atoms with Crippen LogP contribution in [-0.4, -0.2) is 129 Å². The number of piperidine rings is 1. The van der Waals surface area contributed by atoms with Crippen molar-refractivity contribution in [2.24, 2.45) is 4.99 Å². The lowest BCUT2D eigenvalue weighted by molar-refractivity contribution is -0.137. The van der Waals surface area contributed by atoms with E-state index in [4.69, 9.17) is 20.2 Å². The topological polar surface area (TPSA) is 232 Å². The number of nitrogen functional groups attached to an aromatic ring is 1. The number of fused-ring (bicyclic) bond motifs is 4. The Morgan fingerprint density at radius 2 is 1.63 bits per heavy atom. The molecule has 4 aliphatic heterocycles. The van der Waals surface area contributed by atoms with Crippen LogP contribution in [0.25, 0.3) is 10.9 Å². The average molecular weight is 891 g/mol. The highest BCUT2D eigenvalue weighted by atomic mass is 16.5. The Balaban J connectivity index is 0.690. The first-order valence-corrected chi connectivity index (χ1v) is 22.8. The molecule has 5 N–H and O–H groups in total. The number of hydrogen-bond acceptors (Lipinski definition) is 14. The normalized spacial score (nSPS) is 17.8. The first kappa shape index (κ1) is 45.1. The van der Waals surface area contributed by atoms with Crippen molar-refractivity contribution in [3.05, 3.63) is 65.0 Å². The molecule has 2 aromatic carbocycles. The molecule has 6 heterocycles. The van der Waals surface area contributed by atoms with E-state index < -0.39 is 17.9 Å². The van der Waals surface area contributed by atoms with Gasteiger partial charge in [0, 0.05) is 83.0 Å². The summed E-state index contributed by atoms with van der Waals surface area (Å²) in [6.45, 7) is 8.31. The number of carbonyl (C=O) groups excluding carboxylic acids is 5. The number of hydrogen-bond donors (Lipinski definition) is 4. The molecule has 0 aliphatic carbocycles. The number of nitrogens with one attached hydrogen (secondary N) is 3. The third-order valence-corrected chi connectivity index (χ3v) is 12.6. The molecule has 0 spiro atoms. The molecule has 0 saturated carbocycles. The molecule has 19 heteroatoms. The van der Waals surface area contributed by atoms with Gasteiger partial charge in [0.2, 0.25) is 29.3 Å². The number of imide groups is 1. The van der Waals surface area contributed by atoms with Gasteiger partial charge in [-0.1, -0.05) is 44.2 Å². The zero-order chi connectivity index (χ0) is 45.3. The Kier molecular flexibility index (Phi) is 14.6. The van der Waals surface area contributed by atoms with Crippen LogP contribution in [0.15, 0.2) is 47.7 Å². The van der Waals surface area contributed by atoms with Crippen LogP contribution in [0.5, 0.6) is 11.5 Å². The Labute approximate surface area is 377 Å². The van der Waals surface area contributed by atoms with Gasteiger partial charge in [-0.3, -0.25) is 33.9 Å². The third-order valence-electron chi connectivity index (χ3n) is 12.6. The molecule has 5 amide bonds. The van der Waals surface area contributed by atoms with Gasteiger partial charge in [0.05, 0.1) is 30.5 Å². The summed E-state index contributed by atoms with van der Waals surface area (Å²) in [7, 11) is 1.59. The molecule has 0 bridgehead atoms. The van der Waals surface area contributed by atoms with Crippen molar-refractivity contribution in [1.82, 2.24) is 39.5 Å². The van der Waals surface area contributed by atoms with E-state index in [0.717, 1.165) is 88.1 Å². The SMILES string of the molecule is COc1c(OCCCN2CCN(CCCCCCCCCC(=O)Nc3cccc4c3C(=O)N(C3CCC(=O)NC3=O)C4)CC2)ccc2c3n(c(=NC(=O)c4cnc(N)nc4)nc12)CCN3. The van der Waals surface area contributed by atoms with Crippen molar-refractivity contribution in [2.75, 3.05) is 75.9 Å². The zero-order valence-electron chi connectivity index (χ0n) is 37.0. The van der Waals surface area contributed by atoms with Crippen molar-refractivity contribution >= 4 is 57.9 Å². The van der Waals surface area contributed by atoms with Crippen LogP contribution in [0.4, 0.5) is 17.5 Å². The summed E-state index contributed by atoms with van der Waals surface area (Å²) in [5.74, 6) is 0.256. The fourth-order valence-corrected chi connectivity index (χ4v) is 9.09. The number of piperazine rings is 1. The molecule has 0 radical (unpaired) electrons. The molecule has 65 heavy (non-hydrogen) atoms. The molecule has 8 rings (SSSR count). The van der Waals surface area contributed by atoms with E-state index in [1.807, 2.05) is 28.8 Å². The second kappa shape index (κ2) is 21.0. The number of anilines is 3. The van der Waals surface area contributed by atoms with Crippen molar-refractivity contribution < 1.29 is 33.4 Å². The largest absolute Gasteiger partial charge is 0.491 e. The highest BCUT2D eigenvalue weighted by Gasteiger charge is 2.40. The van der Waals surface area contributed by atoms with Crippen LogP contribution in [-0.2, 0) is 27.5 Å². The molecule has 344 valence electrons. The zero-order valence-corrected chi connectivity index (χ0v) is 37.0. The third kappa shape index (κ3) is 10.7. The Morgan fingerprint density at radius 3 is 2.37 bits per heavy atom. The smallest absolute Gasteiger partial charge is 0.283 e. The molecule has 19 nitrogen and oxygen atoms in total. The van der Waals surface area contributed by atoms with E-state index in [0.29, 0.717) is 60.8 Å². The Hall–Kier alpha value is -6.47. The number of benzene rings is 2. The highest BCUT2D eigenvalue weighted by Crippen LogP contribution is 2.37. The van der Waals surface area contributed by atoms with Crippen molar-refractivity contribution in [3.8, 4) is 11.5 Å². The van der Waals surface area contributed by atoms with Crippen LogP contribution in [0.2, 0.25) is 0 Å². The predicted molar refractivity (Wildman–Crippen MR) is 242 cm³/mol. The maximum Gasteiger partial charge on any atom is 0.283 e. The molecule has 2 fully saturated rings. The number of rotatable bonds is 19. The van der Waals surface area contributed by atoms with Gasteiger partial charge in [-0.25, -0.2) is 15.0 Å². The lowest BCUT2D eigenvalue weighted by atomic mass is 10.0. The summed E-state index contributed by atoms with van der Waals surface area (Å²) >= 11 is 0. The molecule has 4 aliphatic rings. The number of aromatic nitrogens is 4. The van der Waals surface area contributed by atoms with E-state index in [2.05, 4.69) is 40.7 Å². The summed E-state index contributed by atoms with van der Waals surface area (Å²) in [6.07, 6.45) is 12.0. The van der Waals surface area contributed by atoms with Crippen LogP contribution >= 0.6 is 0 Å². The summed E-state index contributed by atoms with van der Waals surface area (Å²) in [5, 5.41) is 9.50. The molecular formula is C46H58N12O7. The van der Waals surface area contributed by atoms with Crippen molar-refractivity contribution in [3.63, 3.8) is 0 Å². The minimum absolute atomic E-state index is 0.0767. The van der Waals surface area contributed by atoms with Crippen LogP contribution < -0.4 is 36.8 Å². The van der Waals surface area contributed by atoms with Crippen LogP contribution in [0.3, 0.4) is 0 Å². The number of carbonyl (C=O) groups is 5. The molecule has 1 unspecified atom stereocenters. The average Bonchev–Trinajstić information content (AvgIpc) is 3.93. The first-order chi connectivity index (χ1) is 31.7. The lowest BCUT2D eigenvalue weighted by Gasteiger charge is -2.34. The summed E-state index contributed by atoms with van der Waals surface area (Å²) in [5.41, 5.74) is 8.28. The number of amides is 5. The number of nitrogens with two attached hydrogens (primary N) is 1. The fourth-order valence-electron chi connectivity index (χ4n) is 9.09. The van der Waals surface area contributed by atoms with Gasteiger partial charge in [-0.05, 0) is 56.0 Å². The monoisotopic (exact) mass is 890 g/mol. The number of methoxy groups -OCH3 is 1. The van der Waals surface area contributed by atoms with Crippen molar-refractivity contribution in [2.45, 2.75) is 89.8 Å². The summed E-state index contributed by atoms with van der Waals surface area (Å²) in [4.78, 5) is 86.6. The van der Waals surface area contributed by atoms with Gasteiger partial charge in [-0.2, -0.15) is 4.99 Å². The minimum atomic E-state index is -0.690. The van der Waals surface area contributed by atoms with Gasteiger partial charge in [0.1, 0.15) is 17.4 Å². The predicted octanol–water partition coefficient (Wildman–Crippen LogP) is 3.49. The van der Waals surface area contributed by atoms with Crippen LogP contribution in [0, 0.1) is 0 Å².